The standard InChI is InChI=1S/C30H36N6O5/c1-17-26-25(40-18(2)32-26)13-21(27(17)39-16-38-6)22-9-10-23-24(33-22)14-31-28(34-23)35-12-11-20(15-35)36(19-7-8-19)29(37)41-30(3,4)5/h9-10,13-14,19-20H,7-8,11-12,15-16H2,1-6H3/t20-/m1/s1. The minimum absolute atomic E-state index is 0.0700. The lowest BCUT2D eigenvalue weighted by atomic mass is 10.0. The Morgan fingerprint density at radius 1 is 1.10 bits per heavy atom. The fraction of sp³-hybridized carbons (Fsp3) is 0.500. The van der Waals surface area contributed by atoms with E-state index in [1.807, 2.05) is 57.7 Å². The number of nitrogens with zero attached hydrogens (tertiary/aromatic N) is 6. The molecule has 216 valence electrons. The fourth-order valence-electron chi connectivity index (χ4n) is 5.44. The van der Waals surface area contributed by atoms with Crippen molar-refractivity contribution in [2.45, 2.75) is 71.6 Å². The number of oxazole rings is 1. The van der Waals surface area contributed by atoms with Crippen LogP contribution in [-0.2, 0) is 9.47 Å². The number of methoxy groups -OCH3 is 1. The average Bonchev–Trinajstić information content (AvgIpc) is 3.49. The Morgan fingerprint density at radius 2 is 1.90 bits per heavy atom. The van der Waals surface area contributed by atoms with E-state index in [9.17, 15) is 4.79 Å². The first-order chi connectivity index (χ1) is 19.6. The number of ether oxygens (including phenoxy) is 3. The summed E-state index contributed by atoms with van der Waals surface area (Å²) in [4.78, 5) is 35.9. The highest BCUT2D eigenvalue weighted by Crippen LogP contribution is 2.38. The Balaban J connectivity index is 1.26. The Morgan fingerprint density at radius 3 is 2.63 bits per heavy atom. The number of hydrogen-bond acceptors (Lipinski definition) is 10. The number of aryl methyl sites for hydroxylation is 2. The molecule has 1 amide bonds. The number of carbonyl (C=O) groups excluding carboxylic acids is 1. The molecule has 11 heteroatoms. The predicted molar refractivity (Wildman–Crippen MR) is 154 cm³/mol. The number of fused-ring (bicyclic) bond motifs is 2. The van der Waals surface area contributed by atoms with E-state index in [0.29, 0.717) is 40.9 Å². The predicted octanol–water partition coefficient (Wildman–Crippen LogP) is 5.41. The summed E-state index contributed by atoms with van der Waals surface area (Å²) in [7, 11) is 1.58. The van der Waals surface area contributed by atoms with E-state index in [-0.39, 0.29) is 25.0 Å². The molecule has 4 heterocycles. The van der Waals surface area contributed by atoms with Gasteiger partial charge >= 0.3 is 6.09 Å². The van der Waals surface area contributed by atoms with Crippen LogP contribution < -0.4 is 9.64 Å². The van der Waals surface area contributed by atoms with Crippen LogP contribution >= 0.6 is 0 Å². The van der Waals surface area contributed by atoms with E-state index in [4.69, 9.17) is 28.6 Å². The monoisotopic (exact) mass is 560 g/mol. The molecule has 1 aliphatic carbocycles. The molecule has 0 spiro atoms. The molecule has 41 heavy (non-hydrogen) atoms. The van der Waals surface area contributed by atoms with Crippen LogP contribution in [0.4, 0.5) is 10.7 Å². The first-order valence-electron chi connectivity index (χ1n) is 14.0. The molecule has 1 aliphatic heterocycles. The summed E-state index contributed by atoms with van der Waals surface area (Å²) < 4.78 is 22.7. The summed E-state index contributed by atoms with van der Waals surface area (Å²) in [6, 6.07) is 6.10. The van der Waals surface area contributed by atoms with Crippen molar-refractivity contribution in [1.29, 1.82) is 0 Å². The van der Waals surface area contributed by atoms with Gasteiger partial charge in [0.1, 0.15) is 22.4 Å². The van der Waals surface area contributed by atoms with Crippen LogP contribution in [0.15, 0.2) is 28.8 Å². The smallest absolute Gasteiger partial charge is 0.410 e. The molecule has 2 fully saturated rings. The van der Waals surface area contributed by atoms with Gasteiger partial charge in [0, 0.05) is 44.3 Å². The SMILES string of the molecule is COCOc1c(-c2ccc3nc(N4CC[C@@H](N(C(=O)OC(C)(C)C)C5CC5)C4)ncc3n2)cc2oc(C)nc2c1C. The topological polar surface area (TPSA) is 116 Å². The van der Waals surface area contributed by atoms with Crippen LogP contribution in [-0.4, -0.2) is 75.6 Å². The number of benzene rings is 1. The van der Waals surface area contributed by atoms with Gasteiger partial charge in [-0.3, -0.25) is 0 Å². The molecule has 2 aliphatic rings. The number of rotatable bonds is 7. The molecule has 1 atom stereocenters. The van der Waals surface area contributed by atoms with Gasteiger partial charge < -0.3 is 28.4 Å². The first kappa shape index (κ1) is 27.2. The number of aromatic nitrogens is 4. The Kier molecular flexibility index (Phi) is 6.93. The molecular formula is C30H36N6O5. The molecular weight excluding hydrogens is 524 g/mol. The van der Waals surface area contributed by atoms with Crippen molar-refractivity contribution < 1.29 is 23.4 Å². The highest BCUT2D eigenvalue weighted by molar-refractivity contribution is 5.89. The van der Waals surface area contributed by atoms with Gasteiger partial charge in [0.2, 0.25) is 5.95 Å². The van der Waals surface area contributed by atoms with Crippen LogP contribution in [0.3, 0.4) is 0 Å². The molecule has 0 radical (unpaired) electrons. The molecule has 6 rings (SSSR count). The third-order valence-electron chi connectivity index (χ3n) is 7.38. The quantitative estimate of drug-likeness (QED) is 0.272. The molecule has 1 saturated heterocycles. The zero-order valence-electron chi connectivity index (χ0n) is 24.4. The van der Waals surface area contributed by atoms with Crippen molar-refractivity contribution in [3.63, 3.8) is 0 Å². The van der Waals surface area contributed by atoms with E-state index in [1.165, 1.54) is 0 Å². The summed E-state index contributed by atoms with van der Waals surface area (Å²) in [6.07, 6.45) is 4.42. The van der Waals surface area contributed by atoms with E-state index >= 15 is 0 Å². The van der Waals surface area contributed by atoms with E-state index in [1.54, 1.807) is 13.3 Å². The van der Waals surface area contributed by atoms with Crippen LogP contribution in [0, 0.1) is 13.8 Å². The zero-order chi connectivity index (χ0) is 28.9. The van der Waals surface area contributed by atoms with Crippen molar-refractivity contribution in [1.82, 2.24) is 24.8 Å². The van der Waals surface area contributed by atoms with Crippen molar-refractivity contribution in [3.05, 3.63) is 35.9 Å². The first-order valence-corrected chi connectivity index (χ1v) is 14.0. The molecule has 0 bridgehead atoms. The van der Waals surface area contributed by atoms with E-state index < -0.39 is 5.60 Å². The highest BCUT2D eigenvalue weighted by atomic mass is 16.7. The van der Waals surface area contributed by atoms with Crippen molar-refractivity contribution >= 4 is 34.2 Å². The second kappa shape index (κ2) is 10.4. The number of anilines is 1. The summed E-state index contributed by atoms with van der Waals surface area (Å²) >= 11 is 0. The fourth-order valence-corrected chi connectivity index (χ4v) is 5.44. The van der Waals surface area contributed by atoms with Crippen molar-refractivity contribution in [3.8, 4) is 17.0 Å². The molecule has 1 saturated carbocycles. The van der Waals surface area contributed by atoms with Crippen molar-refractivity contribution in [2.75, 3.05) is 31.9 Å². The second-order valence-electron chi connectivity index (χ2n) is 11.8. The average molecular weight is 561 g/mol. The number of hydrogen-bond donors (Lipinski definition) is 0. The molecule has 0 unspecified atom stereocenters. The van der Waals surface area contributed by atoms with Gasteiger partial charge in [0.25, 0.3) is 0 Å². The van der Waals surface area contributed by atoms with Crippen molar-refractivity contribution in [2.24, 2.45) is 0 Å². The maximum Gasteiger partial charge on any atom is 0.410 e. The van der Waals surface area contributed by atoms with Gasteiger partial charge in [-0.25, -0.2) is 24.7 Å². The largest absolute Gasteiger partial charge is 0.466 e. The summed E-state index contributed by atoms with van der Waals surface area (Å²) in [5.74, 6) is 1.86. The number of carbonyl (C=O) groups is 1. The van der Waals surface area contributed by atoms with E-state index in [2.05, 4.69) is 14.9 Å². The minimum atomic E-state index is -0.523. The maximum atomic E-state index is 13.0. The van der Waals surface area contributed by atoms with Crippen LogP contribution in [0.25, 0.3) is 33.4 Å². The van der Waals surface area contributed by atoms with Gasteiger partial charge in [-0.15, -0.1) is 0 Å². The lowest BCUT2D eigenvalue weighted by Crippen LogP contribution is -2.46. The van der Waals surface area contributed by atoms with Crippen LogP contribution in [0.1, 0.15) is 51.5 Å². The van der Waals surface area contributed by atoms with E-state index in [0.717, 1.165) is 48.0 Å². The summed E-state index contributed by atoms with van der Waals surface area (Å²) in [5.41, 5.74) is 4.64. The van der Waals surface area contributed by atoms with Gasteiger partial charge in [-0.2, -0.15) is 0 Å². The second-order valence-corrected chi connectivity index (χ2v) is 11.8. The highest BCUT2D eigenvalue weighted by Gasteiger charge is 2.42. The normalized spacial score (nSPS) is 17.4. The van der Waals surface area contributed by atoms with Crippen LogP contribution in [0.5, 0.6) is 5.75 Å². The summed E-state index contributed by atoms with van der Waals surface area (Å²) in [5, 5.41) is 0. The Hall–Kier alpha value is -3.99. The summed E-state index contributed by atoms with van der Waals surface area (Å²) in [6.45, 7) is 11.0. The molecule has 3 aromatic heterocycles. The third-order valence-corrected chi connectivity index (χ3v) is 7.38. The molecule has 0 N–H and O–H groups in total. The molecule has 1 aromatic carbocycles. The minimum Gasteiger partial charge on any atom is -0.466 e. The third kappa shape index (κ3) is 5.50. The lowest BCUT2D eigenvalue weighted by molar-refractivity contribution is 0.0158. The van der Waals surface area contributed by atoms with Gasteiger partial charge in [0.15, 0.2) is 18.3 Å². The van der Waals surface area contributed by atoms with Gasteiger partial charge in [-0.1, -0.05) is 0 Å². The lowest BCUT2D eigenvalue weighted by Gasteiger charge is -2.31. The van der Waals surface area contributed by atoms with Gasteiger partial charge in [0.05, 0.1) is 23.4 Å². The Labute approximate surface area is 238 Å². The number of pyridine rings is 1. The maximum absolute atomic E-state index is 13.0. The number of amides is 1. The zero-order valence-corrected chi connectivity index (χ0v) is 24.4. The molecule has 11 nitrogen and oxygen atoms in total. The van der Waals surface area contributed by atoms with Gasteiger partial charge in [-0.05, 0) is 65.2 Å². The van der Waals surface area contributed by atoms with Crippen LogP contribution in [0.2, 0.25) is 0 Å². The Bertz CT molecular complexity index is 1610. The molecule has 4 aromatic rings.